The maximum Gasteiger partial charge on any atom is 0.269 e. The summed E-state index contributed by atoms with van der Waals surface area (Å²) in [6, 6.07) is 6.76. The van der Waals surface area contributed by atoms with Crippen LogP contribution in [0.3, 0.4) is 0 Å². The first-order chi connectivity index (χ1) is 11.6. The van der Waals surface area contributed by atoms with Gasteiger partial charge in [-0.2, -0.15) is 0 Å². The van der Waals surface area contributed by atoms with Gasteiger partial charge >= 0.3 is 0 Å². The summed E-state index contributed by atoms with van der Waals surface area (Å²) in [5, 5.41) is 10.7. The summed E-state index contributed by atoms with van der Waals surface area (Å²) in [6.07, 6.45) is 5.65. The number of quaternary nitrogens is 1. The highest BCUT2D eigenvalue weighted by Gasteiger charge is 2.45. The fourth-order valence-corrected chi connectivity index (χ4v) is 5.02. The zero-order chi connectivity index (χ0) is 16.7. The molecule has 1 aromatic rings. The van der Waals surface area contributed by atoms with Crippen LogP contribution in [-0.2, 0) is 0 Å². The highest BCUT2D eigenvalue weighted by molar-refractivity contribution is 5.94. The minimum absolute atomic E-state index is 0.00288. The van der Waals surface area contributed by atoms with Crippen LogP contribution in [0.4, 0.5) is 5.69 Å². The van der Waals surface area contributed by atoms with E-state index in [9.17, 15) is 14.9 Å². The predicted octanol–water partition coefficient (Wildman–Crippen LogP) is 1.12. The van der Waals surface area contributed by atoms with Gasteiger partial charge in [0.25, 0.3) is 11.6 Å². The predicted molar refractivity (Wildman–Crippen MR) is 88.9 cm³/mol. The molecule has 6 heteroatoms. The Morgan fingerprint density at radius 2 is 1.83 bits per heavy atom. The molecule has 128 valence electrons. The number of amides is 1. The van der Waals surface area contributed by atoms with Crippen LogP contribution in [0.2, 0.25) is 0 Å². The van der Waals surface area contributed by atoms with Crippen LogP contribution in [0.25, 0.3) is 0 Å². The van der Waals surface area contributed by atoms with Gasteiger partial charge in [-0.15, -0.1) is 0 Å². The molecule has 1 N–H and O–H groups in total. The van der Waals surface area contributed by atoms with Crippen LogP contribution >= 0.6 is 0 Å². The minimum atomic E-state index is -0.439. The highest BCUT2D eigenvalue weighted by atomic mass is 16.6. The Labute approximate surface area is 141 Å². The van der Waals surface area contributed by atoms with Crippen LogP contribution in [-0.4, -0.2) is 48.0 Å². The molecule has 0 unspecified atom stereocenters. The lowest BCUT2D eigenvalue weighted by Crippen LogP contribution is -3.18. The van der Waals surface area contributed by atoms with Gasteiger partial charge in [0, 0.05) is 30.0 Å². The number of hydrogen-bond acceptors (Lipinski definition) is 3. The molecule has 2 bridgehead atoms. The second-order valence-electron chi connectivity index (χ2n) is 7.54. The average molecular weight is 330 g/mol. The van der Waals surface area contributed by atoms with Gasteiger partial charge in [0.2, 0.25) is 0 Å². The number of nitrogens with one attached hydrogen (secondary N) is 1. The average Bonchev–Trinajstić information content (AvgIpc) is 3.25. The summed E-state index contributed by atoms with van der Waals surface area (Å²) in [5.41, 5.74) is 0.570. The number of benzene rings is 1. The molecule has 24 heavy (non-hydrogen) atoms. The van der Waals surface area contributed by atoms with Crippen molar-refractivity contribution in [1.29, 1.82) is 0 Å². The van der Waals surface area contributed by atoms with Crippen LogP contribution in [0.5, 0.6) is 0 Å². The number of nitrogens with zero attached hydrogens (tertiary/aromatic N) is 2. The van der Waals surface area contributed by atoms with Crippen LogP contribution in [0, 0.1) is 22.0 Å². The molecule has 2 saturated carbocycles. The summed E-state index contributed by atoms with van der Waals surface area (Å²) in [5.74, 6) is 1.88. The van der Waals surface area contributed by atoms with Gasteiger partial charge in [0.05, 0.1) is 37.1 Å². The zero-order valence-corrected chi connectivity index (χ0v) is 13.8. The number of rotatable bonds is 3. The van der Waals surface area contributed by atoms with E-state index < -0.39 is 4.92 Å². The van der Waals surface area contributed by atoms with Crippen molar-refractivity contribution in [2.24, 2.45) is 11.8 Å². The van der Waals surface area contributed by atoms with E-state index in [2.05, 4.69) is 0 Å². The van der Waals surface area contributed by atoms with Crippen molar-refractivity contribution in [2.75, 3.05) is 26.2 Å². The van der Waals surface area contributed by atoms with Crippen molar-refractivity contribution in [1.82, 2.24) is 4.90 Å². The summed E-state index contributed by atoms with van der Waals surface area (Å²) >= 11 is 0. The van der Waals surface area contributed by atoms with Gasteiger partial charge in [0.15, 0.2) is 0 Å². The molecule has 0 radical (unpaired) electrons. The molecule has 2 aliphatic carbocycles. The van der Waals surface area contributed by atoms with E-state index in [1.54, 1.807) is 17.0 Å². The molecule has 3 aliphatic rings. The van der Waals surface area contributed by atoms with E-state index in [0.29, 0.717) is 5.56 Å². The molecule has 0 aromatic heterocycles. The lowest BCUT2D eigenvalue weighted by molar-refractivity contribution is -0.932. The molecule has 1 heterocycles. The van der Waals surface area contributed by atoms with E-state index >= 15 is 0 Å². The zero-order valence-electron chi connectivity index (χ0n) is 13.8. The molecule has 0 spiro atoms. The minimum Gasteiger partial charge on any atom is -0.329 e. The first-order valence-corrected chi connectivity index (χ1v) is 9.00. The normalized spacial score (nSPS) is 29.8. The molecule has 1 aliphatic heterocycles. The van der Waals surface area contributed by atoms with Crippen molar-refractivity contribution in [3.8, 4) is 0 Å². The van der Waals surface area contributed by atoms with E-state index in [1.807, 2.05) is 4.90 Å². The standard InChI is InChI=1S/C18H23N3O3/c22-18(14-3-5-16(6-4-14)21(23)24)20-9-7-19(8-10-20)17-12-13-1-2-15(17)11-13/h3-6,13,15,17H,1-2,7-12H2/p+1/t13-,15+,17-/m0/s1. The summed E-state index contributed by atoms with van der Waals surface area (Å²) < 4.78 is 0. The first-order valence-electron chi connectivity index (χ1n) is 9.00. The number of carbonyl (C=O) groups is 1. The van der Waals surface area contributed by atoms with Crippen LogP contribution in [0.1, 0.15) is 36.0 Å². The van der Waals surface area contributed by atoms with Crippen molar-refractivity contribution in [2.45, 2.75) is 31.7 Å². The van der Waals surface area contributed by atoms with E-state index in [4.69, 9.17) is 0 Å². The topological polar surface area (TPSA) is 67.9 Å². The SMILES string of the molecule is O=C(c1ccc([N+](=O)[O-])cc1)N1CC[NH+]([C@H]2C[C@H]3CC[C@@H]2C3)CC1. The molecule has 1 saturated heterocycles. The van der Waals surface area contributed by atoms with Crippen LogP contribution < -0.4 is 4.90 Å². The van der Waals surface area contributed by atoms with E-state index in [-0.39, 0.29) is 11.6 Å². The van der Waals surface area contributed by atoms with Gasteiger partial charge < -0.3 is 9.80 Å². The van der Waals surface area contributed by atoms with Gasteiger partial charge in [-0.1, -0.05) is 0 Å². The van der Waals surface area contributed by atoms with Crippen molar-refractivity contribution in [3.63, 3.8) is 0 Å². The third-order valence-electron chi connectivity index (χ3n) is 6.28. The Morgan fingerprint density at radius 3 is 2.38 bits per heavy atom. The third-order valence-corrected chi connectivity index (χ3v) is 6.28. The maximum atomic E-state index is 12.6. The van der Waals surface area contributed by atoms with Crippen molar-refractivity contribution >= 4 is 11.6 Å². The number of hydrogen-bond donors (Lipinski definition) is 1. The Hall–Kier alpha value is -1.95. The lowest BCUT2D eigenvalue weighted by atomic mass is 9.93. The van der Waals surface area contributed by atoms with Crippen molar-refractivity contribution in [3.05, 3.63) is 39.9 Å². The first kappa shape index (κ1) is 15.6. The molecule has 4 rings (SSSR count). The largest absolute Gasteiger partial charge is 0.329 e. The number of piperazine rings is 1. The molecular weight excluding hydrogens is 306 g/mol. The summed E-state index contributed by atoms with van der Waals surface area (Å²) in [7, 11) is 0. The van der Waals surface area contributed by atoms with E-state index in [0.717, 1.165) is 44.1 Å². The maximum absolute atomic E-state index is 12.6. The second kappa shape index (κ2) is 6.16. The number of fused-ring (bicyclic) bond motifs is 2. The Bertz CT molecular complexity index is 637. The molecule has 1 amide bonds. The number of nitro groups is 1. The second-order valence-corrected chi connectivity index (χ2v) is 7.54. The molecule has 6 nitrogen and oxygen atoms in total. The summed E-state index contributed by atoms with van der Waals surface area (Å²) in [4.78, 5) is 26.4. The quantitative estimate of drug-likeness (QED) is 0.667. The molecule has 1 aromatic carbocycles. The van der Waals surface area contributed by atoms with Gasteiger partial charge in [-0.05, 0) is 37.3 Å². The third kappa shape index (κ3) is 2.79. The Balaban J connectivity index is 1.35. The monoisotopic (exact) mass is 330 g/mol. The van der Waals surface area contributed by atoms with Gasteiger partial charge in [0.1, 0.15) is 0 Å². The molecular formula is C18H24N3O3+. The highest BCUT2D eigenvalue weighted by Crippen LogP contribution is 2.43. The number of non-ortho nitro benzene ring substituents is 1. The Kier molecular flexibility index (Phi) is 4.00. The Morgan fingerprint density at radius 1 is 1.12 bits per heavy atom. The summed E-state index contributed by atoms with van der Waals surface area (Å²) in [6.45, 7) is 3.65. The molecule has 3 atom stereocenters. The van der Waals surface area contributed by atoms with Crippen LogP contribution in [0.15, 0.2) is 24.3 Å². The fourth-order valence-electron chi connectivity index (χ4n) is 5.02. The van der Waals surface area contributed by atoms with Crippen molar-refractivity contribution < 1.29 is 14.6 Å². The molecule has 3 fully saturated rings. The van der Waals surface area contributed by atoms with Gasteiger partial charge in [-0.3, -0.25) is 14.9 Å². The lowest BCUT2D eigenvalue weighted by Gasteiger charge is -2.38. The number of carbonyl (C=O) groups excluding carboxylic acids is 1. The van der Waals surface area contributed by atoms with Gasteiger partial charge in [-0.25, -0.2) is 0 Å². The number of nitro benzene ring substituents is 1. The smallest absolute Gasteiger partial charge is 0.269 e. The van der Waals surface area contributed by atoms with E-state index in [1.165, 1.54) is 37.8 Å². The fraction of sp³-hybridized carbons (Fsp3) is 0.611.